The molecular weight excluding hydrogens is 476 g/mol. The molecule has 0 bridgehead atoms. The number of sulfonamides is 1. The van der Waals surface area contributed by atoms with E-state index in [9.17, 15) is 18.0 Å². The highest BCUT2D eigenvalue weighted by molar-refractivity contribution is 7.89. The number of benzene rings is 2. The summed E-state index contributed by atoms with van der Waals surface area (Å²) in [4.78, 5) is 33.0. The zero-order valence-electron chi connectivity index (χ0n) is 21.0. The van der Waals surface area contributed by atoms with Crippen molar-refractivity contribution in [3.8, 4) is 0 Å². The first-order valence-electron chi connectivity index (χ1n) is 12.8. The van der Waals surface area contributed by atoms with Crippen LogP contribution < -0.4 is 4.90 Å². The highest BCUT2D eigenvalue weighted by Crippen LogP contribution is 2.33. The molecule has 8 nitrogen and oxygen atoms in total. The molecule has 0 aromatic heterocycles. The number of carbonyl (C=O) groups excluding carboxylic acids is 2. The van der Waals surface area contributed by atoms with Crippen LogP contribution in [0.1, 0.15) is 36.8 Å². The van der Waals surface area contributed by atoms with Crippen LogP contribution in [0.2, 0.25) is 0 Å². The summed E-state index contributed by atoms with van der Waals surface area (Å²) in [6, 6.07) is 12.9. The summed E-state index contributed by atoms with van der Waals surface area (Å²) in [5, 5.41) is 0. The zero-order chi connectivity index (χ0) is 25.4. The number of aryl methyl sites for hydroxylation is 2. The molecule has 0 radical (unpaired) electrons. The van der Waals surface area contributed by atoms with E-state index in [-0.39, 0.29) is 23.4 Å². The van der Waals surface area contributed by atoms with Gasteiger partial charge in [0.2, 0.25) is 5.91 Å². The van der Waals surface area contributed by atoms with E-state index in [4.69, 9.17) is 0 Å². The Kier molecular flexibility index (Phi) is 6.68. The first-order valence-corrected chi connectivity index (χ1v) is 14.2. The second-order valence-corrected chi connectivity index (χ2v) is 12.0. The second-order valence-electron chi connectivity index (χ2n) is 10.1. The maximum Gasteiger partial charge on any atom is 0.335 e. The van der Waals surface area contributed by atoms with Gasteiger partial charge in [0.1, 0.15) is 6.04 Å². The van der Waals surface area contributed by atoms with Gasteiger partial charge in [0.15, 0.2) is 0 Å². The molecule has 2 saturated heterocycles. The lowest BCUT2D eigenvalue weighted by atomic mass is 10.1. The normalized spacial score (nSPS) is 21.5. The number of rotatable bonds is 5. The van der Waals surface area contributed by atoms with E-state index in [1.54, 1.807) is 28.0 Å². The molecule has 2 heterocycles. The lowest BCUT2D eigenvalue weighted by molar-refractivity contribution is -0.136. The zero-order valence-corrected chi connectivity index (χ0v) is 21.8. The van der Waals surface area contributed by atoms with Gasteiger partial charge in [-0.05, 0) is 56.0 Å². The van der Waals surface area contributed by atoms with E-state index in [0.717, 1.165) is 30.0 Å². The molecule has 2 aromatic rings. The minimum Gasteiger partial charge on any atom is -0.368 e. The quantitative estimate of drug-likeness (QED) is 0.616. The molecule has 2 aromatic carbocycles. The Bertz CT molecular complexity index is 1240. The van der Waals surface area contributed by atoms with Crippen molar-refractivity contribution in [2.75, 3.05) is 37.6 Å². The topological polar surface area (TPSA) is 81.2 Å². The molecule has 9 heteroatoms. The Labute approximate surface area is 213 Å². The molecule has 5 rings (SSSR count). The van der Waals surface area contributed by atoms with Gasteiger partial charge in [-0.15, -0.1) is 0 Å². The highest BCUT2D eigenvalue weighted by Gasteiger charge is 2.51. The standard InChI is InChI=1S/C27H34N4O4S/c1-20-12-13-21(2)24(18-20)28-14-16-29(17-15-28)26(32)25-19-30(27(33)31(25)22-8-6-7-9-22)36(34,35)23-10-4-3-5-11-23/h3-5,10-13,18,22,25H,6-9,14-17,19H2,1-2H3/t25-/m0/s1. The lowest BCUT2D eigenvalue weighted by Gasteiger charge is -2.39. The number of urea groups is 1. The molecule has 2 aliphatic heterocycles. The Morgan fingerprint density at radius 2 is 1.58 bits per heavy atom. The summed E-state index contributed by atoms with van der Waals surface area (Å²) in [5.74, 6) is -0.151. The van der Waals surface area contributed by atoms with Crippen molar-refractivity contribution in [3.63, 3.8) is 0 Å². The summed E-state index contributed by atoms with van der Waals surface area (Å²) in [6.45, 7) is 6.52. The SMILES string of the molecule is Cc1ccc(C)c(N2CCN(C(=O)[C@@H]3CN(S(=O)(=O)c4ccccc4)C(=O)N3C3CCCC3)CC2)c1. The minimum absolute atomic E-state index is 0.0694. The van der Waals surface area contributed by atoms with Gasteiger partial charge in [-0.25, -0.2) is 17.5 Å². The Balaban J connectivity index is 1.36. The largest absolute Gasteiger partial charge is 0.368 e. The molecule has 1 saturated carbocycles. The summed E-state index contributed by atoms with van der Waals surface area (Å²) in [5.41, 5.74) is 3.59. The summed E-state index contributed by atoms with van der Waals surface area (Å²) < 4.78 is 27.6. The fourth-order valence-corrected chi connectivity index (χ4v) is 7.13. The first kappa shape index (κ1) is 24.6. The van der Waals surface area contributed by atoms with Crippen LogP contribution in [0.5, 0.6) is 0 Å². The summed E-state index contributed by atoms with van der Waals surface area (Å²) in [6.07, 6.45) is 3.56. The van der Waals surface area contributed by atoms with E-state index in [1.807, 2.05) is 0 Å². The van der Waals surface area contributed by atoms with Crippen LogP contribution in [0.25, 0.3) is 0 Å². The number of piperazine rings is 1. The molecule has 3 aliphatic rings. The fraction of sp³-hybridized carbons (Fsp3) is 0.481. The number of anilines is 1. The van der Waals surface area contributed by atoms with Crippen LogP contribution in [-0.4, -0.2) is 79.3 Å². The van der Waals surface area contributed by atoms with Crippen molar-refractivity contribution in [3.05, 3.63) is 59.7 Å². The third-order valence-electron chi connectivity index (χ3n) is 7.74. The van der Waals surface area contributed by atoms with Crippen molar-refractivity contribution in [1.82, 2.24) is 14.1 Å². The van der Waals surface area contributed by atoms with E-state index in [1.165, 1.54) is 28.9 Å². The molecule has 3 fully saturated rings. The van der Waals surface area contributed by atoms with Crippen LogP contribution in [-0.2, 0) is 14.8 Å². The van der Waals surface area contributed by atoms with Crippen LogP contribution in [0, 0.1) is 13.8 Å². The smallest absolute Gasteiger partial charge is 0.335 e. The van der Waals surface area contributed by atoms with Crippen molar-refractivity contribution in [2.45, 2.75) is 56.5 Å². The third kappa shape index (κ3) is 4.45. The molecule has 36 heavy (non-hydrogen) atoms. The molecule has 3 amide bonds. The van der Waals surface area contributed by atoms with Crippen LogP contribution in [0.4, 0.5) is 10.5 Å². The van der Waals surface area contributed by atoms with Crippen LogP contribution in [0.3, 0.4) is 0 Å². The molecule has 0 unspecified atom stereocenters. The van der Waals surface area contributed by atoms with Gasteiger partial charge in [0, 0.05) is 37.9 Å². The van der Waals surface area contributed by atoms with Crippen LogP contribution >= 0.6 is 0 Å². The summed E-state index contributed by atoms with van der Waals surface area (Å²) in [7, 11) is -4.04. The van der Waals surface area contributed by atoms with Gasteiger partial charge < -0.3 is 14.7 Å². The highest BCUT2D eigenvalue weighted by atomic mass is 32.2. The number of nitrogens with zero attached hydrogens (tertiary/aromatic N) is 4. The molecule has 1 aliphatic carbocycles. The predicted molar refractivity (Wildman–Crippen MR) is 138 cm³/mol. The molecular formula is C27H34N4O4S. The van der Waals surface area contributed by atoms with Gasteiger partial charge >= 0.3 is 6.03 Å². The van der Waals surface area contributed by atoms with Gasteiger partial charge in [0.25, 0.3) is 10.0 Å². The number of hydrogen-bond donors (Lipinski definition) is 0. The average molecular weight is 511 g/mol. The van der Waals surface area contributed by atoms with E-state index < -0.39 is 22.1 Å². The van der Waals surface area contributed by atoms with Crippen LogP contribution in [0.15, 0.2) is 53.4 Å². The molecule has 0 spiro atoms. The second kappa shape index (κ2) is 9.76. The maximum absolute atomic E-state index is 13.8. The van der Waals surface area contributed by atoms with Crippen molar-refractivity contribution in [2.24, 2.45) is 0 Å². The predicted octanol–water partition coefficient (Wildman–Crippen LogP) is 3.39. The van der Waals surface area contributed by atoms with Gasteiger partial charge in [-0.1, -0.05) is 43.2 Å². The van der Waals surface area contributed by atoms with Crippen molar-refractivity contribution in [1.29, 1.82) is 0 Å². The Morgan fingerprint density at radius 3 is 2.25 bits per heavy atom. The van der Waals surface area contributed by atoms with E-state index >= 15 is 0 Å². The van der Waals surface area contributed by atoms with Gasteiger partial charge in [0.05, 0.1) is 11.4 Å². The Hall–Kier alpha value is -3.07. The van der Waals surface area contributed by atoms with E-state index in [2.05, 4.69) is 36.9 Å². The first-order chi connectivity index (χ1) is 17.3. The molecule has 0 N–H and O–H groups in total. The lowest BCUT2D eigenvalue weighted by Crippen LogP contribution is -2.56. The minimum atomic E-state index is -4.04. The van der Waals surface area contributed by atoms with Gasteiger partial charge in [-0.3, -0.25) is 4.79 Å². The van der Waals surface area contributed by atoms with E-state index in [0.29, 0.717) is 26.2 Å². The van der Waals surface area contributed by atoms with Crippen molar-refractivity contribution < 1.29 is 18.0 Å². The summed E-state index contributed by atoms with van der Waals surface area (Å²) >= 11 is 0. The van der Waals surface area contributed by atoms with Gasteiger partial charge in [-0.2, -0.15) is 0 Å². The number of amides is 3. The molecule has 1 atom stereocenters. The molecule has 192 valence electrons. The maximum atomic E-state index is 13.8. The monoisotopic (exact) mass is 510 g/mol. The average Bonchev–Trinajstić information content (AvgIpc) is 3.53. The number of carbonyl (C=O) groups is 2. The third-order valence-corrected chi connectivity index (χ3v) is 9.49. The fourth-order valence-electron chi connectivity index (χ4n) is 5.73. The number of hydrogen-bond acceptors (Lipinski definition) is 5. The van der Waals surface area contributed by atoms with Crippen molar-refractivity contribution >= 4 is 27.6 Å². The Morgan fingerprint density at radius 1 is 0.917 bits per heavy atom.